The molecule has 0 amide bonds. The van der Waals surface area contributed by atoms with Crippen molar-refractivity contribution < 1.29 is 4.92 Å². The lowest BCUT2D eigenvalue weighted by atomic mass is 10.2. The number of hydrogen-bond donors (Lipinski definition) is 1. The van der Waals surface area contributed by atoms with Gasteiger partial charge in [0.2, 0.25) is 0 Å². The number of likely N-dealkylation sites (tertiary alicyclic amines) is 1. The summed E-state index contributed by atoms with van der Waals surface area (Å²) in [6, 6.07) is 5.54. The Morgan fingerprint density at radius 1 is 1.52 bits per heavy atom. The molecule has 1 atom stereocenters. The Kier molecular flexibility index (Phi) is 7.39. The van der Waals surface area contributed by atoms with Crippen molar-refractivity contribution in [1.82, 2.24) is 10.2 Å². The average Bonchev–Trinajstić information content (AvgIpc) is 2.88. The molecule has 1 unspecified atom stereocenters. The van der Waals surface area contributed by atoms with Crippen molar-refractivity contribution in [3.8, 4) is 0 Å². The van der Waals surface area contributed by atoms with Crippen LogP contribution in [0.25, 0.3) is 0 Å². The predicted molar refractivity (Wildman–Crippen MR) is 87.3 cm³/mol. The van der Waals surface area contributed by atoms with Crippen LogP contribution in [-0.2, 0) is 6.54 Å². The molecule has 0 radical (unpaired) electrons. The molecule has 1 aliphatic rings. The van der Waals surface area contributed by atoms with Crippen molar-refractivity contribution in [2.75, 3.05) is 19.6 Å². The van der Waals surface area contributed by atoms with Crippen LogP contribution in [0, 0.1) is 10.1 Å². The molecule has 1 heterocycles. The van der Waals surface area contributed by atoms with E-state index < -0.39 is 4.92 Å². The van der Waals surface area contributed by atoms with Gasteiger partial charge in [0.05, 0.1) is 4.92 Å². The number of benzene rings is 1. The van der Waals surface area contributed by atoms with Gasteiger partial charge in [0.15, 0.2) is 0 Å². The third-order valence-corrected chi connectivity index (χ3v) is 4.14. The van der Waals surface area contributed by atoms with E-state index in [-0.39, 0.29) is 23.1 Å². The van der Waals surface area contributed by atoms with Crippen molar-refractivity contribution in [2.45, 2.75) is 32.4 Å². The number of nitrogens with one attached hydrogen (secondary N) is 1. The first-order valence-corrected chi connectivity index (χ1v) is 7.37. The van der Waals surface area contributed by atoms with Crippen LogP contribution >= 0.6 is 24.0 Å². The fraction of sp³-hybridized carbons (Fsp3) is 0.571. The number of rotatable bonds is 6. The largest absolute Gasteiger partial charge is 0.311 e. The Morgan fingerprint density at radius 3 is 2.95 bits per heavy atom. The van der Waals surface area contributed by atoms with Crippen molar-refractivity contribution in [1.29, 1.82) is 0 Å². The van der Waals surface area contributed by atoms with E-state index >= 15 is 0 Å². The van der Waals surface area contributed by atoms with E-state index in [1.165, 1.54) is 19.4 Å². The lowest BCUT2D eigenvalue weighted by molar-refractivity contribution is -0.384. The van der Waals surface area contributed by atoms with Gasteiger partial charge in [0.1, 0.15) is 5.02 Å². The Hall–Kier alpha value is -0.880. The third kappa shape index (κ3) is 4.81. The topological polar surface area (TPSA) is 58.4 Å². The van der Waals surface area contributed by atoms with E-state index in [0.717, 1.165) is 18.7 Å². The van der Waals surface area contributed by atoms with Crippen LogP contribution in [0.1, 0.15) is 25.3 Å². The molecule has 0 saturated carbocycles. The molecule has 1 N–H and O–H groups in total. The molecule has 0 aromatic heterocycles. The molecular weight excluding hydrogens is 313 g/mol. The molecule has 1 fully saturated rings. The predicted octanol–water partition coefficient (Wildman–Crippen LogP) is 3.24. The molecule has 1 aromatic carbocycles. The number of hydrogen-bond acceptors (Lipinski definition) is 4. The van der Waals surface area contributed by atoms with Crippen LogP contribution in [0.2, 0.25) is 5.02 Å². The molecule has 7 heteroatoms. The summed E-state index contributed by atoms with van der Waals surface area (Å²) in [5.41, 5.74) is 0.865. The van der Waals surface area contributed by atoms with Crippen molar-refractivity contribution in [3.05, 3.63) is 38.9 Å². The molecule has 2 rings (SSSR count). The Bertz CT molecular complexity index is 485. The lowest BCUT2D eigenvalue weighted by Crippen LogP contribution is -2.37. The van der Waals surface area contributed by atoms with Gasteiger partial charge in [-0.05, 0) is 37.6 Å². The fourth-order valence-corrected chi connectivity index (χ4v) is 2.92. The molecule has 0 bridgehead atoms. The summed E-state index contributed by atoms with van der Waals surface area (Å²) in [5, 5.41) is 14.4. The summed E-state index contributed by atoms with van der Waals surface area (Å²) in [7, 11) is 0. The van der Waals surface area contributed by atoms with Crippen molar-refractivity contribution >= 4 is 29.7 Å². The van der Waals surface area contributed by atoms with Crippen LogP contribution in [0.5, 0.6) is 0 Å². The standard InChI is InChI=1S/C14H20ClN3O2.ClH/c1-2-17-7-3-4-12(17)10-16-9-11-5-6-13(15)14(8-11)18(19)20;/h5-6,8,12,16H,2-4,7,9-10H2,1H3;1H. The zero-order valence-corrected chi connectivity index (χ0v) is 13.6. The van der Waals surface area contributed by atoms with Gasteiger partial charge in [0, 0.05) is 25.2 Å². The zero-order chi connectivity index (χ0) is 14.5. The first-order chi connectivity index (χ1) is 9.61. The SMILES string of the molecule is CCN1CCCC1CNCc1ccc(Cl)c([N+](=O)[O-])c1.Cl. The number of likely N-dealkylation sites (N-methyl/N-ethyl adjacent to an activating group) is 1. The number of nitro groups is 1. The van der Waals surface area contributed by atoms with Crippen LogP contribution in [0.3, 0.4) is 0 Å². The maximum Gasteiger partial charge on any atom is 0.288 e. The first kappa shape index (κ1) is 18.2. The summed E-state index contributed by atoms with van der Waals surface area (Å²) in [6.07, 6.45) is 2.48. The molecule has 118 valence electrons. The fourth-order valence-electron chi connectivity index (χ4n) is 2.73. The summed E-state index contributed by atoms with van der Waals surface area (Å²) in [4.78, 5) is 12.9. The second-order valence-corrected chi connectivity index (χ2v) is 5.51. The zero-order valence-electron chi connectivity index (χ0n) is 12.0. The highest BCUT2D eigenvalue weighted by Gasteiger charge is 2.22. The number of halogens is 2. The molecule has 1 saturated heterocycles. The number of nitro benzene ring substituents is 1. The van der Waals surface area contributed by atoms with Crippen molar-refractivity contribution in [2.24, 2.45) is 0 Å². The first-order valence-electron chi connectivity index (χ1n) is 6.99. The van der Waals surface area contributed by atoms with E-state index in [0.29, 0.717) is 12.6 Å². The van der Waals surface area contributed by atoms with Crippen LogP contribution < -0.4 is 5.32 Å². The van der Waals surface area contributed by atoms with Gasteiger partial charge in [-0.2, -0.15) is 0 Å². The van der Waals surface area contributed by atoms with Crippen LogP contribution in [0.15, 0.2) is 18.2 Å². The van der Waals surface area contributed by atoms with E-state index in [4.69, 9.17) is 11.6 Å². The molecule has 0 aliphatic carbocycles. The average molecular weight is 334 g/mol. The molecular formula is C14H21Cl2N3O2. The maximum atomic E-state index is 10.8. The minimum Gasteiger partial charge on any atom is -0.311 e. The van der Waals surface area contributed by atoms with Gasteiger partial charge >= 0.3 is 0 Å². The Morgan fingerprint density at radius 2 is 2.29 bits per heavy atom. The van der Waals surface area contributed by atoms with E-state index in [2.05, 4.69) is 17.1 Å². The van der Waals surface area contributed by atoms with Gasteiger partial charge in [-0.15, -0.1) is 12.4 Å². The molecule has 0 spiro atoms. The minimum atomic E-state index is -0.443. The van der Waals surface area contributed by atoms with E-state index in [1.54, 1.807) is 12.1 Å². The lowest BCUT2D eigenvalue weighted by Gasteiger charge is -2.23. The molecule has 5 nitrogen and oxygen atoms in total. The quantitative estimate of drug-likeness (QED) is 0.641. The second kappa shape index (κ2) is 8.54. The van der Waals surface area contributed by atoms with Crippen molar-refractivity contribution in [3.63, 3.8) is 0 Å². The highest BCUT2D eigenvalue weighted by molar-refractivity contribution is 6.32. The summed E-state index contributed by atoms with van der Waals surface area (Å²) < 4.78 is 0. The molecule has 1 aliphatic heterocycles. The summed E-state index contributed by atoms with van der Waals surface area (Å²) >= 11 is 5.80. The van der Waals surface area contributed by atoms with Crippen LogP contribution in [-0.4, -0.2) is 35.5 Å². The van der Waals surface area contributed by atoms with Gasteiger partial charge in [-0.1, -0.05) is 24.6 Å². The monoisotopic (exact) mass is 333 g/mol. The smallest absolute Gasteiger partial charge is 0.288 e. The van der Waals surface area contributed by atoms with Gasteiger partial charge in [-0.25, -0.2) is 0 Å². The molecule has 21 heavy (non-hydrogen) atoms. The third-order valence-electron chi connectivity index (χ3n) is 3.82. The normalized spacial score (nSPS) is 18.5. The Labute approximate surface area is 136 Å². The number of nitrogens with zero attached hydrogens (tertiary/aromatic N) is 2. The highest BCUT2D eigenvalue weighted by Crippen LogP contribution is 2.25. The summed E-state index contributed by atoms with van der Waals surface area (Å²) in [5.74, 6) is 0. The maximum absolute atomic E-state index is 10.8. The Balaban J connectivity index is 0.00000220. The van der Waals surface area contributed by atoms with Gasteiger partial charge in [0.25, 0.3) is 5.69 Å². The molecule has 1 aromatic rings. The van der Waals surface area contributed by atoms with Gasteiger partial charge < -0.3 is 5.32 Å². The van der Waals surface area contributed by atoms with Gasteiger partial charge in [-0.3, -0.25) is 15.0 Å². The highest BCUT2D eigenvalue weighted by atomic mass is 35.5. The van der Waals surface area contributed by atoms with Crippen LogP contribution in [0.4, 0.5) is 5.69 Å². The second-order valence-electron chi connectivity index (χ2n) is 5.10. The minimum absolute atomic E-state index is 0. The van der Waals surface area contributed by atoms with E-state index in [1.807, 2.05) is 6.07 Å². The van der Waals surface area contributed by atoms with E-state index in [9.17, 15) is 10.1 Å². The summed E-state index contributed by atoms with van der Waals surface area (Å²) in [6.45, 7) is 5.99.